The number of nitrogens with two attached hydrogens (primary N) is 1. The van der Waals surface area contributed by atoms with Gasteiger partial charge in [0.05, 0.1) is 23.5 Å². The van der Waals surface area contributed by atoms with E-state index in [1.807, 2.05) is 24.3 Å². The van der Waals surface area contributed by atoms with Crippen molar-refractivity contribution < 1.29 is 9.94 Å². The summed E-state index contributed by atoms with van der Waals surface area (Å²) in [4.78, 5) is 4.42. The van der Waals surface area contributed by atoms with Gasteiger partial charge in [0.25, 0.3) is 0 Å². The quantitative estimate of drug-likeness (QED) is 0.331. The highest BCUT2D eigenvalue weighted by Crippen LogP contribution is 2.26. The maximum Gasteiger partial charge on any atom is 0.231 e. The number of rotatable bonds is 3. The lowest BCUT2D eigenvalue weighted by atomic mass is 10.1. The van der Waals surface area contributed by atoms with Gasteiger partial charge in [-0.2, -0.15) is 5.10 Å². The number of para-hydroxylation sites is 1. The van der Waals surface area contributed by atoms with Crippen molar-refractivity contribution in [2.75, 3.05) is 0 Å². The van der Waals surface area contributed by atoms with E-state index in [1.165, 1.54) is 0 Å². The Balaban J connectivity index is 2.13. The Kier molecular flexibility index (Phi) is 3.15. The lowest BCUT2D eigenvalue weighted by Crippen LogP contribution is -2.15. The predicted molar refractivity (Wildman–Crippen MR) is 77.5 cm³/mol. The highest BCUT2D eigenvalue weighted by Gasteiger charge is 2.14. The van der Waals surface area contributed by atoms with Gasteiger partial charge >= 0.3 is 0 Å². The maximum atomic E-state index is 8.92. The molecule has 0 unspecified atom stereocenters. The summed E-state index contributed by atoms with van der Waals surface area (Å²) >= 11 is 0. The molecule has 0 bridgehead atoms. The Morgan fingerprint density at radius 2 is 2.19 bits per heavy atom. The van der Waals surface area contributed by atoms with Crippen LogP contribution in [0.25, 0.3) is 10.9 Å². The zero-order chi connectivity index (χ0) is 14.8. The average molecular weight is 283 g/mol. The van der Waals surface area contributed by atoms with Crippen molar-refractivity contribution in [3.63, 3.8) is 0 Å². The second-order valence-electron chi connectivity index (χ2n) is 4.47. The summed E-state index contributed by atoms with van der Waals surface area (Å²) in [5, 5.41) is 16.8. The Morgan fingerprint density at radius 1 is 1.38 bits per heavy atom. The Morgan fingerprint density at radius 3 is 2.90 bits per heavy atom. The van der Waals surface area contributed by atoms with Gasteiger partial charge in [-0.1, -0.05) is 23.4 Å². The number of fused-ring (bicyclic) bond motifs is 1. The summed E-state index contributed by atoms with van der Waals surface area (Å²) in [6.07, 6.45) is 3.26. The van der Waals surface area contributed by atoms with Crippen molar-refractivity contribution in [1.29, 1.82) is 0 Å². The molecule has 0 aliphatic carbocycles. The molecule has 3 aromatic rings. The first kappa shape index (κ1) is 12.9. The summed E-state index contributed by atoms with van der Waals surface area (Å²) in [7, 11) is 1.78. The molecule has 0 aliphatic rings. The highest BCUT2D eigenvalue weighted by atomic mass is 16.5. The molecule has 0 saturated carbocycles. The molecule has 0 amide bonds. The third kappa shape index (κ3) is 2.48. The van der Waals surface area contributed by atoms with Gasteiger partial charge in [0.15, 0.2) is 11.6 Å². The number of nitrogens with zero attached hydrogens (tertiary/aromatic N) is 4. The number of aromatic nitrogens is 3. The van der Waals surface area contributed by atoms with E-state index in [2.05, 4.69) is 15.2 Å². The van der Waals surface area contributed by atoms with E-state index in [1.54, 1.807) is 30.2 Å². The molecule has 0 fully saturated rings. The number of hydrogen-bond donors (Lipinski definition) is 2. The average Bonchev–Trinajstić information content (AvgIpc) is 2.91. The van der Waals surface area contributed by atoms with Crippen LogP contribution in [0.1, 0.15) is 5.56 Å². The van der Waals surface area contributed by atoms with Crippen LogP contribution in [-0.4, -0.2) is 25.8 Å². The molecule has 3 N–H and O–H groups in total. The van der Waals surface area contributed by atoms with E-state index >= 15 is 0 Å². The van der Waals surface area contributed by atoms with Gasteiger partial charge in [0.1, 0.15) is 0 Å². The molecule has 0 spiro atoms. The zero-order valence-electron chi connectivity index (χ0n) is 11.3. The maximum absolute atomic E-state index is 8.92. The van der Waals surface area contributed by atoms with Crippen molar-refractivity contribution in [2.45, 2.75) is 0 Å². The van der Waals surface area contributed by atoms with Gasteiger partial charge in [-0.3, -0.25) is 4.68 Å². The minimum atomic E-state index is -0.0628. The number of pyridine rings is 1. The molecular formula is C14H13N5O2. The molecule has 1 aromatic carbocycles. The SMILES string of the molecule is Cn1cc(Oc2nc3ccccc3cc2/C(N)=N/O)cn1. The molecule has 2 aromatic heterocycles. The largest absolute Gasteiger partial charge is 0.435 e. The van der Waals surface area contributed by atoms with E-state index < -0.39 is 0 Å². The topological polar surface area (TPSA) is 98.6 Å². The van der Waals surface area contributed by atoms with Crippen molar-refractivity contribution in [2.24, 2.45) is 17.9 Å². The Labute approximate surface area is 120 Å². The normalized spacial score (nSPS) is 11.8. The lowest BCUT2D eigenvalue weighted by molar-refractivity contribution is 0.318. The van der Waals surface area contributed by atoms with Gasteiger partial charge in [0, 0.05) is 12.4 Å². The van der Waals surface area contributed by atoms with Crippen molar-refractivity contribution in [3.8, 4) is 11.6 Å². The molecule has 3 rings (SSSR count). The minimum absolute atomic E-state index is 0.0628. The molecule has 106 valence electrons. The fourth-order valence-corrected chi connectivity index (χ4v) is 1.98. The highest BCUT2D eigenvalue weighted by molar-refractivity contribution is 6.02. The third-order valence-corrected chi connectivity index (χ3v) is 2.97. The fourth-order valence-electron chi connectivity index (χ4n) is 1.98. The van der Waals surface area contributed by atoms with Gasteiger partial charge in [-0.05, 0) is 12.1 Å². The van der Waals surface area contributed by atoms with Crippen LogP contribution in [0.2, 0.25) is 0 Å². The van der Waals surface area contributed by atoms with Crippen LogP contribution in [0.15, 0.2) is 47.9 Å². The summed E-state index contributed by atoms with van der Waals surface area (Å²) in [6.45, 7) is 0. The molecule has 7 nitrogen and oxygen atoms in total. The van der Waals surface area contributed by atoms with Crippen LogP contribution in [0.4, 0.5) is 0 Å². The lowest BCUT2D eigenvalue weighted by Gasteiger charge is -2.09. The monoisotopic (exact) mass is 283 g/mol. The van der Waals surface area contributed by atoms with E-state index in [9.17, 15) is 0 Å². The number of aryl methyl sites for hydroxylation is 1. The smallest absolute Gasteiger partial charge is 0.231 e. The standard InChI is InChI=1S/C14H13N5O2/c1-19-8-10(7-16-19)21-14-11(13(15)18-20)6-9-4-2-3-5-12(9)17-14/h2-8,20H,1H3,(H2,15,18). The fraction of sp³-hybridized carbons (Fsp3) is 0.0714. The third-order valence-electron chi connectivity index (χ3n) is 2.97. The van der Waals surface area contributed by atoms with Gasteiger partial charge in [-0.15, -0.1) is 0 Å². The first-order valence-corrected chi connectivity index (χ1v) is 6.21. The predicted octanol–water partition coefficient (Wildman–Crippen LogP) is 1.86. The zero-order valence-corrected chi connectivity index (χ0v) is 11.3. The molecule has 2 heterocycles. The molecule has 0 atom stereocenters. The van der Waals surface area contributed by atoms with Crippen molar-refractivity contribution in [3.05, 3.63) is 48.3 Å². The molecule has 21 heavy (non-hydrogen) atoms. The minimum Gasteiger partial charge on any atom is -0.435 e. The Hall–Kier alpha value is -3.09. The summed E-state index contributed by atoms with van der Waals surface area (Å²) in [5.74, 6) is 0.719. The van der Waals surface area contributed by atoms with Crippen LogP contribution in [0.5, 0.6) is 11.6 Å². The summed E-state index contributed by atoms with van der Waals surface area (Å²) in [6, 6.07) is 9.29. The number of benzene rings is 1. The number of hydrogen-bond acceptors (Lipinski definition) is 5. The summed E-state index contributed by atoms with van der Waals surface area (Å²) in [5.41, 5.74) is 6.88. The van der Waals surface area contributed by atoms with Crippen molar-refractivity contribution >= 4 is 16.7 Å². The first-order chi connectivity index (χ1) is 10.2. The first-order valence-electron chi connectivity index (χ1n) is 6.21. The Bertz CT molecular complexity index is 825. The van der Waals surface area contributed by atoms with E-state index in [-0.39, 0.29) is 11.7 Å². The number of oxime groups is 1. The van der Waals surface area contributed by atoms with Gasteiger partial charge in [0.2, 0.25) is 5.88 Å². The molecule has 0 radical (unpaired) electrons. The summed E-state index contributed by atoms with van der Waals surface area (Å²) < 4.78 is 7.31. The number of ether oxygens (including phenoxy) is 1. The van der Waals surface area contributed by atoms with E-state index in [0.717, 1.165) is 10.9 Å². The van der Waals surface area contributed by atoms with Crippen LogP contribution in [0, 0.1) is 0 Å². The molecule has 7 heteroatoms. The second-order valence-corrected chi connectivity index (χ2v) is 4.47. The van der Waals surface area contributed by atoms with E-state index in [4.69, 9.17) is 15.7 Å². The van der Waals surface area contributed by atoms with Crippen molar-refractivity contribution in [1.82, 2.24) is 14.8 Å². The second kappa shape index (κ2) is 5.12. The van der Waals surface area contributed by atoms with Crippen LogP contribution >= 0.6 is 0 Å². The van der Waals surface area contributed by atoms with Crippen LogP contribution in [0.3, 0.4) is 0 Å². The van der Waals surface area contributed by atoms with Gasteiger partial charge < -0.3 is 15.7 Å². The molecular weight excluding hydrogens is 270 g/mol. The van der Waals surface area contributed by atoms with Crippen LogP contribution < -0.4 is 10.5 Å². The molecule has 0 saturated heterocycles. The van der Waals surface area contributed by atoms with Crippen LogP contribution in [-0.2, 0) is 7.05 Å². The van der Waals surface area contributed by atoms with Gasteiger partial charge in [-0.25, -0.2) is 4.98 Å². The molecule has 0 aliphatic heterocycles. The number of amidine groups is 1. The van der Waals surface area contributed by atoms with E-state index in [0.29, 0.717) is 11.3 Å².